The van der Waals surface area contributed by atoms with Crippen molar-refractivity contribution in [3.8, 4) is 0 Å². The first-order chi connectivity index (χ1) is 12.7. The fourth-order valence-electron chi connectivity index (χ4n) is 2.56. The van der Waals surface area contributed by atoms with Gasteiger partial charge in [-0.25, -0.2) is 0 Å². The second-order valence-electron chi connectivity index (χ2n) is 5.53. The molecule has 0 atom stereocenters. The molecule has 0 spiro atoms. The van der Waals surface area contributed by atoms with Gasteiger partial charge in [0.15, 0.2) is 0 Å². The maximum absolute atomic E-state index is 5.84. The third-order valence-electron chi connectivity index (χ3n) is 3.61. The molecule has 0 unspecified atom stereocenters. The zero-order valence-electron chi connectivity index (χ0n) is 14.3. The average Bonchev–Trinajstić information content (AvgIpc) is 2.53. The van der Waals surface area contributed by atoms with Crippen LogP contribution in [-0.4, -0.2) is 29.9 Å². The number of aromatic nitrogens is 6. The quantitative estimate of drug-likeness (QED) is 0.572. The summed E-state index contributed by atoms with van der Waals surface area (Å²) in [6.07, 6.45) is 0. The van der Waals surface area contributed by atoms with Gasteiger partial charge in [0.25, 0.3) is 0 Å². The van der Waals surface area contributed by atoms with Crippen molar-refractivity contribution in [3.63, 3.8) is 0 Å². The lowest BCUT2D eigenvalue weighted by atomic mass is 10.0. The number of halogens is 4. The van der Waals surface area contributed by atoms with Crippen LogP contribution in [-0.2, 0) is 0 Å². The first-order valence-electron chi connectivity index (χ1n) is 7.52. The molecule has 0 bridgehead atoms. The zero-order valence-corrected chi connectivity index (χ0v) is 17.3. The van der Waals surface area contributed by atoms with Gasteiger partial charge in [0.05, 0.1) is 0 Å². The first kappa shape index (κ1) is 19.8. The number of benzene rings is 1. The van der Waals surface area contributed by atoms with Crippen molar-refractivity contribution in [2.75, 3.05) is 10.6 Å². The fraction of sp³-hybridized carbons (Fsp3) is 0.200. The molecule has 0 amide bonds. The summed E-state index contributed by atoms with van der Waals surface area (Å²) in [4.78, 5) is 23.6. The van der Waals surface area contributed by atoms with Crippen LogP contribution >= 0.6 is 46.4 Å². The fourth-order valence-corrected chi connectivity index (χ4v) is 3.28. The van der Waals surface area contributed by atoms with Crippen molar-refractivity contribution in [1.29, 1.82) is 0 Å². The molecule has 140 valence electrons. The number of hydrogen-bond donors (Lipinski definition) is 2. The molecule has 0 fully saturated rings. The number of hydrogen-bond acceptors (Lipinski definition) is 8. The molecule has 3 rings (SSSR count). The first-order valence-corrected chi connectivity index (χ1v) is 9.03. The van der Waals surface area contributed by atoms with Crippen LogP contribution in [0.1, 0.15) is 16.7 Å². The topological polar surface area (TPSA) is 101 Å². The van der Waals surface area contributed by atoms with E-state index in [0.29, 0.717) is 0 Å². The SMILES string of the molecule is Cc1cc(C)c(Nc2nc(Cl)nc(Cl)n2)c(C)c1Nc1nc(Cl)nc(Cl)n1. The Hall–Kier alpha value is -2.00. The average molecular weight is 446 g/mol. The maximum atomic E-state index is 5.84. The molecule has 8 nitrogen and oxygen atoms in total. The summed E-state index contributed by atoms with van der Waals surface area (Å²) in [5.41, 5.74) is 4.35. The predicted molar refractivity (Wildman–Crippen MR) is 107 cm³/mol. The Morgan fingerprint density at radius 2 is 0.926 bits per heavy atom. The lowest BCUT2D eigenvalue weighted by Crippen LogP contribution is -2.07. The Labute approximate surface area is 174 Å². The summed E-state index contributed by atoms with van der Waals surface area (Å²) in [6, 6.07) is 1.98. The molecule has 12 heteroatoms. The zero-order chi connectivity index (χ0) is 19.7. The Morgan fingerprint density at radius 3 is 1.26 bits per heavy atom. The highest BCUT2D eigenvalue weighted by Gasteiger charge is 2.15. The molecule has 2 aromatic heterocycles. The molecule has 0 aliphatic carbocycles. The van der Waals surface area contributed by atoms with Crippen molar-refractivity contribution < 1.29 is 0 Å². The van der Waals surface area contributed by atoms with Crippen molar-refractivity contribution >= 4 is 69.7 Å². The standard InChI is InChI=1S/C15H12Cl4N8/c1-5-4-6(2)9(21-15-26-12(18)23-13(19)27-15)7(3)8(5)20-14-24-10(16)22-11(17)25-14/h4H,1-3H3,(H,20,22,24,25)(H,21,23,26,27). The summed E-state index contributed by atoms with van der Waals surface area (Å²) < 4.78 is 0. The lowest BCUT2D eigenvalue weighted by Gasteiger charge is -2.18. The van der Waals surface area contributed by atoms with Crippen LogP contribution in [0.25, 0.3) is 0 Å². The minimum absolute atomic E-state index is 0.00673. The largest absolute Gasteiger partial charge is 0.323 e. The Kier molecular flexibility index (Phi) is 5.81. The molecule has 3 aromatic rings. The van der Waals surface area contributed by atoms with E-state index in [4.69, 9.17) is 46.4 Å². The molecular formula is C15H12Cl4N8. The third-order valence-corrected chi connectivity index (χ3v) is 4.28. The second-order valence-corrected chi connectivity index (χ2v) is 6.88. The normalized spacial score (nSPS) is 10.8. The summed E-state index contributed by atoms with van der Waals surface area (Å²) >= 11 is 23.4. The van der Waals surface area contributed by atoms with E-state index in [9.17, 15) is 0 Å². The van der Waals surface area contributed by atoms with E-state index in [1.807, 2.05) is 26.8 Å². The Bertz CT molecular complexity index is 909. The maximum Gasteiger partial charge on any atom is 0.232 e. The summed E-state index contributed by atoms with van der Waals surface area (Å²) in [6.45, 7) is 5.82. The van der Waals surface area contributed by atoms with E-state index in [1.54, 1.807) is 0 Å². The number of nitrogens with one attached hydrogen (secondary N) is 2. The minimum atomic E-state index is -0.00673. The van der Waals surface area contributed by atoms with Crippen LogP contribution in [0.4, 0.5) is 23.3 Å². The summed E-state index contributed by atoms with van der Waals surface area (Å²) in [5.74, 6) is 0.458. The van der Waals surface area contributed by atoms with Gasteiger partial charge in [-0.15, -0.1) is 0 Å². The molecule has 2 N–H and O–H groups in total. The monoisotopic (exact) mass is 444 g/mol. The van der Waals surface area contributed by atoms with E-state index in [1.165, 1.54) is 0 Å². The van der Waals surface area contributed by atoms with Crippen LogP contribution in [0.3, 0.4) is 0 Å². The van der Waals surface area contributed by atoms with Gasteiger partial charge in [-0.1, -0.05) is 6.07 Å². The molecule has 0 saturated carbocycles. The number of aryl methyl sites for hydroxylation is 2. The van der Waals surface area contributed by atoms with Crippen LogP contribution < -0.4 is 10.6 Å². The smallest absolute Gasteiger partial charge is 0.232 e. The van der Waals surface area contributed by atoms with E-state index < -0.39 is 0 Å². The van der Waals surface area contributed by atoms with Crippen LogP contribution in [0.2, 0.25) is 21.1 Å². The van der Waals surface area contributed by atoms with Crippen LogP contribution in [0.5, 0.6) is 0 Å². The van der Waals surface area contributed by atoms with E-state index in [0.717, 1.165) is 28.1 Å². The van der Waals surface area contributed by atoms with Crippen molar-refractivity contribution in [1.82, 2.24) is 29.9 Å². The molecule has 0 radical (unpaired) electrons. The van der Waals surface area contributed by atoms with Crippen LogP contribution in [0, 0.1) is 20.8 Å². The van der Waals surface area contributed by atoms with E-state index >= 15 is 0 Å². The van der Waals surface area contributed by atoms with Gasteiger partial charge in [0.1, 0.15) is 0 Å². The van der Waals surface area contributed by atoms with E-state index in [2.05, 4.69) is 40.5 Å². The molecule has 2 heterocycles. The molecular weight excluding hydrogens is 434 g/mol. The van der Waals surface area contributed by atoms with Gasteiger partial charge < -0.3 is 10.6 Å². The third kappa shape index (κ3) is 4.65. The summed E-state index contributed by atoms with van der Waals surface area (Å²) in [7, 11) is 0. The highest BCUT2D eigenvalue weighted by Crippen LogP contribution is 2.34. The molecule has 0 aliphatic rings. The van der Waals surface area contributed by atoms with Crippen LogP contribution in [0.15, 0.2) is 6.07 Å². The van der Waals surface area contributed by atoms with Crippen molar-refractivity contribution in [2.24, 2.45) is 0 Å². The van der Waals surface area contributed by atoms with Crippen molar-refractivity contribution in [2.45, 2.75) is 20.8 Å². The second kappa shape index (κ2) is 7.93. The molecule has 1 aromatic carbocycles. The highest BCUT2D eigenvalue weighted by molar-refractivity contribution is 6.31. The van der Waals surface area contributed by atoms with Gasteiger partial charge in [-0.05, 0) is 83.9 Å². The number of rotatable bonds is 4. The van der Waals surface area contributed by atoms with E-state index in [-0.39, 0.29) is 33.0 Å². The number of anilines is 4. The highest BCUT2D eigenvalue weighted by atomic mass is 35.5. The Balaban J connectivity index is 2.02. The predicted octanol–water partition coefficient (Wildman–Crippen LogP) is 5.08. The van der Waals surface area contributed by atoms with Gasteiger partial charge in [0, 0.05) is 11.4 Å². The van der Waals surface area contributed by atoms with Crippen molar-refractivity contribution in [3.05, 3.63) is 43.9 Å². The molecule has 0 saturated heterocycles. The molecule has 27 heavy (non-hydrogen) atoms. The Morgan fingerprint density at radius 1 is 0.593 bits per heavy atom. The van der Waals surface area contributed by atoms with Gasteiger partial charge >= 0.3 is 0 Å². The molecule has 0 aliphatic heterocycles. The minimum Gasteiger partial charge on any atom is -0.323 e. The lowest BCUT2D eigenvalue weighted by molar-refractivity contribution is 1.05. The van der Waals surface area contributed by atoms with Gasteiger partial charge in [-0.3, -0.25) is 0 Å². The number of nitrogens with zero attached hydrogens (tertiary/aromatic N) is 6. The summed E-state index contributed by atoms with van der Waals surface area (Å²) in [5, 5.41) is 6.22. The van der Waals surface area contributed by atoms with Gasteiger partial charge in [-0.2, -0.15) is 29.9 Å². The van der Waals surface area contributed by atoms with Gasteiger partial charge in [0.2, 0.25) is 33.0 Å².